The van der Waals surface area contributed by atoms with E-state index in [1.807, 2.05) is 6.92 Å². The number of hydrogen-bond donors (Lipinski definition) is 3. The Morgan fingerprint density at radius 1 is 1.40 bits per heavy atom. The van der Waals surface area contributed by atoms with Crippen molar-refractivity contribution in [1.29, 1.82) is 0 Å². The van der Waals surface area contributed by atoms with E-state index in [4.69, 9.17) is 10.5 Å². The van der Waals surface area contributed by atoms with E-state index in [1.54, 1.807) is 24.3 Å². The largest absolute Gasteiger partial charge is 0.383 e. The molecule has 0 spiro atoms. The smallest absolute Gasteiger partial charge is 0.251 e. The molecule has 1 atom stereocenters. The highest BCUT2D eigenvalue weighted by Crippen LogP contribution is 2.11. The van der Waals surface area contributed by atoms with Crippen molar-refractivity contribution in [3.63, 3.8) is 0 Å². The van der Waals surface area contributed by atoms with Gasteiger partial charge in [-0.25, -0.2) is 0 Å². The van der Waals surface area contributed by atoms with Gasteiger partial charge in [-0.05, 0) is 24.6 Å². The lowest BCUT2D eigenvalue weighted by atomic mass is 10.1. The summed E-state index contributed by atoms with van der Waals surface area (Å²) >= 11 is 0. The van der Waals surface area contributed by atoms with Gasteiger partial charge in [0.2, 0.25) is 5.91 Å². The molecule has 0 aliphatic heterocycles. The molecular formula is C14H21N3O3. The number of ether oxygens (including phenoxy) is 1. The zero-order valence-electron chi connectivity index (χ0n) is 11.8. The zero-order chi connectivity index (χ0) is 15.0. The van der Waals surface area contributed by atoms with Crippen molar-refractivity contribution in [2.24, 2.45) is 5.73 Å². The molecule has 0 heterocycles. The van der Waals surface area contributed by atoms with E-state index < -0.39 is 6.04 Å². The van der Waals surface area contributed by atoms with Gasteiger partial charge in [-0.1, -0.05) is 13.0 Å². The zero-order valence-corrected chi connectivity index (χ0v) is 11.8. The number of amides is 2. The van der Waals surface area contributed by atoms with Crippen LogP contribution in [0.5, 0.6) is 0 Å². The maximum Gasteiger partial charge on any atom is 0.251 e. The van der Waals surface area contributed by atoms with E-state index in [0.717, 1.165) is 6.42 Å². The fourth-order valence-corrected chi connectivity index (χ4v) is 1.57. The highest BCUT2D eigenvalue weighted by molar-refractivity contribution is 5.98. The van der Waals surface area contributed by atoms with Crippen LogP contribution in [0.25, 0.3) is 0 Å². The number of nitrogens with two attached hydrogens (primary N) is 1. The minimum absolute atomic E-state index is 0.141. The van der Waals surface area contributed by atoms with Crippen LogP contribution in [0, 0.1) is 0 Å². The van der Waals surface area contributed by atoms with E-state index in [-0.39, 0.29) is 18.4 Å². The molecule has 0 radical (unpaired) electrons. The Morgan fingerprint density at radius 2 is 2.15 bits per heavy atom. The lowest BCUT2D eigenvalue weighted by molar-refractivity contribution is -0.118. The first-order valence-electron chi connectivity index (χ1n) is 6.52. The van der Waals surface area contributed by atoms with E-state index in [2.05, 4.69) is 10.6 Å². The van der Waals surface area contributed by atoms with Crippen LogP contribution in [0.15, 0.2) is 24.3 Å². The van der Waals surface area contributed by atoms with Crippen LogP contribution in [0.1, 0.15) is 23.7 Å². The molecule has 1 aromatic rings. The third-order valence-electron chi connectivity index (χ3n) is 2.61. The lowest BCUT2D eigenvalue weighted by Gasteiger charge is -2.12. The minimum atomic E-state index is -0.738. The molecule has 0 bridgehead atoms. The number of nitrogens with one attached hydrogen (secondary N) is 2. The molecular weight excluding hydrogens is 258 g/mol. The van der Waals surface area contributed by atoms with Gasteiger partial charge in [0, 0.05) is 24.9 Å². The summed E-state index contributed by atoms with van der Waals surface area (Å²) < 4.78 is 4.82. The molecule has 1 rings (SSSR count). The molecule has 0 saturated heterocycles. The van der Waals surface area contributed by atoms with Gasteiger partial charge in [0.25, 0.3) is 5.91 Å². The first-order chi connectivity index (χ1) is 9.58. The number of carbonyl (C=O) groups excluding carboxylic acids is 2. The highest BCUT2D eigenvalue weighted by atomic mass is 16.5. The normalized spacial score (nSPS) is 11.8. The molecule has 1 unspecified atom stereocenters. The Hall–Kier alpha value is -1.92. The number of benzene rings is 1. The highest BCUT2D eigenvalue weighted by Gasteiger charge is 2.13. The third-order valence-corrected chi connectivity index (χ3v) is 2.61. The second kappa shape index (κ2) is 8.29. The Labute approximate surface area is 118 Å². The molecule has 6 nitrogen and oxygen atoms in total. The molecule has 4 N–H and O–H groups in total. The van der Waals surface area contributed by atoms with Crippen molar-refractivity contribution in [3.8, 4) is 0 Å². The van der Waals surface area contributed by atoms with Gasteiger partial charge in [0.1, 0.15) is 6.04 Å². The average molecular weight is 279 g/mol. The van der Waals surface area contributed by atoms with Gasteiger partial charge < -0.3 is 21.1 Å². The van der Waals surface area contributed by atoms with Gasteiger partial charge in [-0.3, -0.25) is 9.59 Å². The van der Waals surface area contributed by atoms with Crippen molar-refractivity contribution < 1.29 is 14.3 Å². The Bertz CT molecular complexity index is 463. The summed E-state index contributed by atoms with van der Waals surface area (Å²) in [6.07, 6.45) is 0.869. The van der Waals surface area contributed by atoms with Crippen LogP contribution in [-0.4, -0.2) is 38.1 Å². The Balaban J connectivity index is 2.68. The van der Waals surface area contributed by atoms with Gasteiger partial charge >= 0.3 is 0 Å². The predicted molar refractivity (Wildman–Crippen MR) is 77.5 cm³/mol. The van der Waals surface area contributed by atoms with E-state index in [1.165, 1.54) is 7.11 Å². The first kappa shape index (κ1) is 16.1. The summed E-state index contributed by atoms with van der Waals surface area (Å²) in [4.78, 5) is 23.5. The fourth-order valence-electron chi connectivity index (χ4n) is 1.57. The molecule has 110 valence electrons. The second-order valence-electron chi connectivity index (χ2n) is 4.39. The Morgan fingerprint density at radius 3 is 2.80 bits per heavy atom. The molecule has 0 aliphatic rings. The fraction of sp³-hybridized carbons (Fsp3) is 0.429. The van der Waals surface area contributed by atoms with Crippen molar-refractivity contribution in [2.45, 2.75) is 19.4 Å². The number of anilines is 1. The van der Waals surface area contributed by atoms with Crippen LogP contribution in [0.4, 0.5) is 5.69 Å². The number of methoxy groups -OCH3 is 1. The summed E-state index contributed by atoms with van der Waals surface area (Å²) in [6.45, 7) is 2.74. The molecule has 0 saturated carbocycles. The summed E-state index contributed by atoms with van der Waals surface area (Å²) in [5, 5.41) is 5.43. The van der Waals surface area contributed by atoms with Gasteiger partial charge in [0.15, 0.2) is 0 Å². The SMILES string of the molecule is CCCNC(=O)c1cccc(NC(=O)C(N)COC)c1. The molecule has 2 amide bonds. The number of rotatable bonds is 7. The van der Waals surface area contributed by atoms with Crippen molar-refractivity contribution in [1.82, 2.24) is 5.32 Å². The van der Waals surface area contributed by atoms with Crippen molar-refractivity contribution in [2.75, 3.05) is 25.6 Å². The van der Waals surface area contributed by atoms with Crippen LogP contribution in [0.3, 0.4) is 0 Å². The quantitative estimate of drug-likeness (QED) is 0.686. The standard InChI is InChI=1S/C14H21N3O3/c1-3-7-16-13(18)10-5-4-6-11(8-10)17-14(19)12(15)9-20-2/h4-6,8,12H,3,7,9,15H2,1-2H3,(H,16,18)(H,17,19). The van der Waals surface area contributed by atoms with Crippen LogP contribution < -0.4 is 16.4 Å². The molecule has 20 heavy (non-hydrogen) atoms. The molecule has 0 fully saturated rings. The summed E-state index contributed by atoms with van der Waals surface area (Å²) in [6, 6.07) is 5.97. The van der Waals surface area contributed by atoms with Gasteiger partial charge in [-0.2, -0.15) is 0 Å². The first-order valence-corrected chi connectivity index (χ1v) is 6.52. The van der Waals surface area contributed by atoms with Crippen LogP contribution in [0.2, 0.25) is 0 Å². The number of hydrogen-bond acceptors (Lipinski definition) is 4. The molecule has 6 heteroatoms. The van der Waals surface area contributed by atoms with Crippen LogP contribution in [-0.2, 0) is 9.53 Å². The summed E-state index contributed by atoms with van der Waals surface area (Å²) in [7, 11) is 1.48. The molecule has 1 aromatic carbocycles. The lowest BCUT2D eigenvalue weighted by Crippen LogP contribution is -2.39. The predicted octanol–water partition coefficient (Wildman–Crippen LogP) is 0.739. The van der Waals surface area contributed by atoms with Gasteiger partial charge in [-0.15, -0.1) is 0 Å². The Kier molecular flexibility index (Phi) is 6.69. The summed E-state index contributed by atoms with van der Waals surface area (Å²) in [5.41, 5.74) is 6.65. The average Bonchev–Trinajstić information content (AvgIpc) is 2.45. The monoisotopic (exact) mass is 279 g/mol. The topological polar surface area (TPSA) is 93.5 Å². The minimum Gasteiger partial charge on any atom is -0.383 e. The van der Waals surface area contributed by atoms with Crippen molar-refractivity contribution in [3.05, 3.63) is 29.8 Å². The molecule has 0 aliphatic carbocycles. The van der Waals surface area contributed by atoms with Gasteiger partial charge in [0.05, 0.1) is 6.61 Å². The van der Waals surface area contributed by atoms with Crippen LogP contribution >= 0.6 is 0 Å². The maximum atomic E-state index is 11.8. The molecule has 0 aromatic heterocycles. The van der Waals surface area contributed by atoms with E-state index >= 15 is 0 Å². The third kappa shape index (κ3) is 4.99. The van der Waals surface area contributed by atoms with Crippen molar-refractivity contribution >= 4 is 17.5 Å². The number of carbonyl (C=O) groups is 2. The summed E-state index contributed by atoms with van der Waals surface area (Å²) in [5.74, 6) is -0.512. The van der Waals surface area contributed by atoms with E-state index in [0.29, 0.717) is 17.8 Å². The van der Waals surface area contributed by atoms with E-state index in [9.17, 15) is 9.59 Å². The maximum absolute atomic E-state index is 11.8. The second-order valence-corrected chi connectivity index (χ2v) is 4.39.